The number of piperidine rings is 1. The van der Waals surface area contributed by atoms with Gasteiger partial charge in [0.1, 0.15) is 5.69 Å². The summed E-state index contributed by atoms with van der Waals surface area (Å²) in [5.74, 6) is 0.436. The van der Waals surface area contributed by atoms with Crippen molar-refractivity contribution < 1.29 is 9.53 Å². The minimum atomic E-state index is -0.172. The number of aromatic nitrogens is 3. The van der Waals surface area contributed by atoms with Crippen LogP contribution in [0.1, 0.15) is 48.3 Å². The Labute approximate surface area is 147 Å². The molecule has 0 aromatic carbocycles. The van der Waals surface area contributed by atoms with Gasteiger partial charge in [0.15, 0.2) is 0 Å². The fourth-order valence-corrected chi connectivity index (χ4v) is 2.80. The average Bonchev–Trinajstić information content (AvgIpc) is 3.16. The van der Waals surface area contributed by atoms with Gasteiger partial charge in [0.25, 0.3) is 5.91 Å². The van der Waals surface area contributed by atoms with Crippen LogP contribution >= 0.6 is 0 Å². The smallest absolute Gasteiger partial charge is 0.272 e. The molecule has 3 rings (SSSR count). The first-order valence-electron chi connectivity index (χ1n) is 8.88. The topological polar surface area (TPSA) is 81.1 Å². The highest BCUT2D eigenvalue weighted by Crippen LogP contribution is 2.15. The molecule has 7 nitrogen and oxygen atoms in total. The van der Waals surface area contributed by atoms with E-state index >= 15 is 0 Å². The van der Waals surface area contributed by atoms with Gasteiger partial charge in [-0.1, -0.05) is 13.0 Å². The first-order chi connectivity index (χ1) is 12.3. The van der Waals surface area contributed by atoms with E-state index in [0.717, 1.165) is 37.9 Å². The van der Waals surface area contributed by atoms with Gasteiger partial charge in [-0.05, 0) is 37.4 Å². The zero-order chi connectivity index (χ0) is 17.5. The van der Waals surface area contributed by atoms with E-state index in [1.54, 1.807) is 12.3 Å². The van der Waals surface area contributed by atoms with Gasteiger partial charge >= 0.3 is 0 Å². The van der Waals surface area contributed by atoms with Crippen molar-refractivity contribution in [2.75, 3.05) is 19.7 Å². The summed E-state index contributed by atoms with van der Waals surface area (Å²) in [5, 5.41) is 10.7. The maximum absolute atomic E-state index is 12.3. The minimum Gasteiger partial charge on any atom is -0.478 e. The normalized spacial score (nSPS) is 17.2. The molecule has 2 N–H and O–H groups in total. The van der Waals surface area contributed by atoms with Crippen molar-refractivity contribution in [1.29, 1.82) is 0 Å². The monoisotopic (exact) mass is 343 g/mol. The molecule has 2 aromatic rings. The van der Waals surface area contributed by atoms with Gasteiger partial charge in [0.2, 0.25) is 5.88 Å². The summed E-state index contributed by atoms with van der Waals surface area (Å²) in [5.41, 5.74) is 1.37. The Kier molecular flexibility index (Phi) is 6.00. The van der Waals surface area contributed by atoms with Crippen LogP contribution in [0.15, 0.2) is 30.6 Å². The van der Waals surface area contributed by atoms with Gasteiger partial charge < -0.3 is 15.4 Å². The van der Waals surface area contributed by atoms with Crippen LogP contribution in [-0.2, 0) is 6.54 Å². The lowest BCUT2D eigenvalue weighted by Gasteiger charge is -2.22. The van der Waals surface area contributed by atoms with Crippen molar-refractivity contribution in [2.24, 2.45) is 0 Å². The molecule has 2 aromatic heterocycles. The molecule has 0 aliphatic carbocycles. The molecular weight excluding hydrogens is 318 g/mol. The van der Waals surface area contributed by atoms with Crippen molar-refractivity contribution in [2.45, 2.75) is 38.8 Å². The maximum Gasteiger partial charge on any atom is 0.272 e. The summed E-state index contributed by atoms with van der Waals surface area (Å²) in [6, 6.07) is 5.83. The van der Waals surface area contributed by atoms with E-state index < -0.39 is 0 Å². The molecule has 0 spiro atoms. The molecule has 7 heteroatoms. The largest absolute Gasteiger partial charge is 0.478 e. The van der Waals surface area contributed by atoms with E-state index in [1.165, 1.54) is 0 Å². The third-order valence-electron chi connectivity index (χ3n) is 4.19. The summed E-state index contributed by atoms with van der Waals surface area (Å²) in [6.07, 6.45) is 6.78. The number of carbonyl (C=O) groups is 1. The van der Waals surface area contributed by atoms with Crippen molar-refractivity contribution >= 4 is 5.91 Å². The first kappa shape index (κ1) is 17.4. The van der Waals surface area contributed by atoms with E-state index in [-0.39, 0.29) is 5.91 Å². The summed E-state index contributed by atoms with van der Waals surface area (Å²) in [4.78, 5) is 16.5. The molecule has 25 heavy (non-hydrogen) atoms. The van der Waals surface area contributed by atoms with Gasteiger partial charge in [-0.25, -0.2) is 4.98 Å². The molecule has 1 amide bonds. The van der Waals surface area contributed by atoms with Crippen LogP contribution < -0.4 is 15.4 Å². The maximum atomic E-state index is 12.3. The van der Waals surface area contributed by atoms with Crippen LogP contribution in [0.3, 0.4) is 0 Å². The molecule has 1 saturated heterocycles. The lowest BCUT2D eigenvalue weighted by molar-refractivity contribution is 0.0944. The van der Waals surface area contributed by atoms with Gasteiger partial charge in [0.05, 0.1) is 12.6 Å². The van der Waals surface area contributed by atoms with E-state index in [1.807, 2.05) is 23.0 Å². The number of amides is 1. The summed E-state index contributed by atoms with van der Waals surface area (Å²) in [6.45, 7) is 5.08. The van der Waals surface area contributed by atoms with Crippen LogP contribution in [0.4, 0.5) is 0 Å². The molecule has 1 unspecified atom stereocenters. The van der Waals surface area contributed by atoms with E-state index in [9.17, 15) is 4.79 Å². The standard InChI is InChI=1S/C18H25N5O2/c1-2-10-25-17-6-5-14(11-20-17)12-21-18(24)16-7-9-23(22-16)15-4-3-8-19-13-15/h5-7,9,11,15,19H,2-4,8,10,12-13H2,1H3,(H,21,24). The second kappa shape index (κ2) is 8.62. The van der Waals surface area contributed by atoms with Crippen molar-refractivity contribution in [3.63, 3.8) is 0 Å². The third-order valence-corrected chi connectivity index (χ3v) is 4.19. The van der Waals surface area contributed by atoms with Crippen LogP contribution in [0, 0.1) is 0 Å². The molecule has 1 aliphatic heterocycles. The SMILES string of the molecule is CCCOc1ccc(CNC(=O)c2ccn(C3CCCNC3)n2)cn1. The Morgan fingerprint density at radius 1 is 1.44 bits per heavy atom. The van der Waals surface area contributed by atoms with Crippen LogP contribution in [0.5, 0.6) is 5.88 Å². The molecule has 0 saturated carbocycles. The summed E-state index contributed by atoms with van der Waals surface area (Å²) in [7, 11) is 0. The second-order valence-corrected chi connectivity index (χ2v) is 6.22. The first-order valence-corrected chi connectivity index (χ1v) is 8.88. The summed E-state index contributed by atoms with van der Waals surface area (Å²) >= 11 is 0. The Morgan fingerprint density at radius 2 is 2.36 bits per heavy atom. The number of nitrogens with one attached hydrogen (secondary N) is 2. The predicted molar refractivity (Wildman–Crippen MR) is 94.6 cm³/mol. The van der Waals surface area contributed by atoms with Gasteiger partial charge in [-0.2, -0.15) is 5.10 Å². The second-order valence-electron chi connectivity index (χ2n) is 6.22. The quantitative estimate of drug-likeness (QED) is 0.803. The molecular formula is C18H25N5O2. The molecule has 134 valence electrons. The molecule has 1 aliphatic rings. The van der Waals surface area contributed by atoms with E-state index in [2.05, 4.69) is 27.6 Å². The van der Waals surface area contributed by atoms with E-state index in [0.29, 0.717) is 30.8 Å². The van der Waals surface area contributed by atoms with Crippen LogP contribution in [0.25, 0.3) is 0 Å². The highest BCUT2D eigenvalue weighted by atomic mass is 16.5. The number of pyridine rings is 1. The fraction of sp³-hybridized carbons (Fsp3) is 0.500. The molecule has 1 atom stereocenters. The Bertz CT molecular complexity index is 677. The molecule has 1 fully saturated rings. The van der Waals surface area contributed by atoms with E-state index in [4.69, 9.17) is 4.74 Å². The minimum absolute atomic E-state index is 0.172. The lowest BCUT2D eigenvalue weighted by atomic mass is 10.1. The number of hydrogen-bond donors (Lipinski definition) is 2. The zero-order valence-corrected chi connectivity index (χ0v) is 14.6. The molecule has 0 bridgehead atoms. The highest BCUT2D eigenvalue weighted by Gasteiger charge is 2.17. The Balaban J connectivity index is 1.51. The fourth-order valence-electron chi connectivity index (χ4n) is 2.80. The van der Waals surface area contributed by atoms with Crippen LogP contribution in [0.2, 0.25) is 0 Å². The highest BCUT2D eigenvalue weighted by molar-refractivity contribution is 5.92. The predicted octanol–water partition coefficient (Wildman–Crippen LogP) is 1.92. The van der Waals surface area contributed by atoms with Gasteiger partial charge in [-0.3, -0.25) is 9.48 Å². The van der Waals surface area contributed by atoms with Crippen molar-refractivity contribution in [3.8, 4) is 5.88 Å². The number of ether oxygens (including phenoxy) is 1. The summed E-state index contributed by atoms with van der Waals surface area (Å²) < 4.78 is 7.34. The Morgan fingerprint density at radius 3 is 3.08 bits per heavy atom. The van der Waals surface area contributed by atoms with Crippen molar-refractivity contribution in [1.82, 2.24) is 25.4 Å². The number of carbonyl (C=O) groups excluding carboxylic acids is 1. The number of rotatable bonds is 7. The number of nitrogens with zero attached hydrogens (tertiary/aromatic N) is 3. The molecule has 0 radical (unpaired) electrons. The van der Waals surface area contributed by atoms with Crippen LogP contribution in [-0.4, -0.2) is 40.4 Å². The number of hydrogen-bond acceptors (Lipinski definition) is 5. The average molecular weight is 343 g/mol. The Hall–Kier alpha value is -2.41. The third kappa shape index (κ3) is 4.79. The lowest BCUT2D eigenvalue weighted by Crippen LogP contribution is -2.32. The van der Waals surface area contributed by atoms with Gasteiger partial charge in [0, 0.05) is 31.5 Å². The van der Waals surface area contributed by atoms with Gasteiger partial charge in [-0.15, -0.1) is 0 Å². The zero-order valence-electron chi connectivity index (χ0n) is 14.6. The van der Waals surface area contributed by atoms with Crippen molar-refractivity contribution in [3.05, 3.63) is 41.9 Å². The molecule has 3 heterocycles.